The van der Waals surface area contributed by atoms with Crippen LogP contribution in [-0.2, 0) is 9.53 Å². The van der Waals surface area contributed by atoms with Crippen LogP contribution in [0.4, 0.5) is 0 Å². The fourth-order valence-electron chi connectivity index (χ4n) is 1.16. The number of carbonyl (C=O) groups excluding carboxylic acids is 1. The predicted molar refractivity (Wildman–Crippen MR) is 69.4 cm³/mol. The molecule has 0 saturated carbocycles. The highest BCUT2D eigenvalue weighted by Gasteiger charge is 2.05. The number of hydrogen-bond acceptors (Lipinski definition) is 2. The first kappa shape index (κ1) is 13.3. The molecule has 0 saturated heterocycles. The summed E-state index contributed by atoms with van der Waals surface area (Å²) in [6.07, 6.45) is 1.75. The summed E-state index contributed by atoms with van der Waals surface area (Å²) in [5.41, 5.74) is 1.43. The van der Waals surface area contributed by atoms with Crippen LogP contribution < -0.4 is 0 Å². The van der Waals surface area contributed by atoms with Gasteiger partial charge in [-0.25, -0.2) is 4.79 Å². The average molecular weight is 304 g/mol. The number of esters is 1. The van der Waals surface area contributed by atoms with Crippen LogP contribution in [0.15, 0.2) is 28.2 Å². The maximum absolute atomic E-state index is 11.4. The molecule has 0 heterocycles. The van der Waals surface area contributed by atoms with Gasteiger partial charge in [0.2, 0.25) is 0 Å². The summed E-state index contributed by atoms with van der Waals surface area (Å²) in [4.78, 5) is 11.4. The van der Waals surface area contributed by atoms with Crippen LogP contribution in [0.1, 0.15) is 19.4 Å². The Hall–Kier alpha value is -0.800. The van der Waals surface area contributed by atoms with E-state index in [1.165, 1.54) is 0 Å². The van der Waals surface area contributed by atoms with E-state index < -0.39 is 0 Å². The molecule has 0 aliphatic heterocycles. The highest BCUT2D eigenvalue weighted by Crippen LogP contribution is 2.24. The molecular weight excluding hydrogens is 291 g/mol. The van der Waals surface area contributed by atoms with Gasteiger partial charge in [0, 0.05) is 10.0 Å². The zero-order valence-corrected chi connectivity index (χ0v) is 11.4. The van der Waals surface area contributed by atoms with Crippen LogP contribution in [0.5, 0.6) is 0 Å². The molecule has 1 aromatic carbocycles. The van der Waals surface area contributed by atoms with Crippen molar-refractivity contribution in [3.05, 3.63) is 38.8 Å². The number of halogens is 2. The Kier molecular flexibility index (Phi) is 5.03. The molecule has 1 rings (SSSR count). The van der Waals surface area contributed by atoms with E-state index in [1.807, 2.05) is 12.1 Å². The van der Waals surface area contributed by atoms with Crippen LogP contribution >= 0.6 is 27.5 Å². The molecule has 0 fully saturated rings. The average Bonchev–Trinajstić information content (AvgIpc) is 2.24. The van der Waals surface area contributed by atoms with Crippen LogP contribution in [0, 0.1) is 0 Å². The second kappa shape index (κ2) is 6.06. The van der Waals surface area contributed by atoms with Crippen molar-refractivity contribution in [1.29, 1.82) is 0 Å². The number of rotatable bonds is 3. The van der Waals surface area contributed by atoms with Gasteiger partial charge in [0.15, 0.2) is 0 Å². The SMILES string of the molecule is CCOC(=O)/C(C)=C/c1ccc(Br)c(Cl)c1. The highest BCUT2D eigenvalue weighted by atomic mass is 79.9. The van der Waals surface area contributed by atoms with Crippen molar-refractivity contribution in [3.8, 4) is 0 Å². The van der Waals surface area contributed by atoms with Gasteiger partial charge in [0.1, 0.15) is 0 Å². The third kappa shape index (κ3) is 3.65. The van der Waals surface area contributed by atoms with Crippen LogP contribution in [0.3, 0.4) is 0 Å². The smallest absolute Gasteiger partial charge is 0.333 e. The van der Waals surface area contributed by atoms with Crippen LogP contribution in [0.2, 0.25) is 5.02 Å². The largest absolute Gasteiger partial charge is 0.463 e. The molecule has 16 heavy (non-hydrogen) atoms. The summed E-state index contributed by atoms with van der Waals surface area (Å²) in [6.45, 7) is 3.88. The summed E-state index contributed by atoms with van der Waals surface area (Å²) in [6, 6.07) is 5.50. The zero-order chi connectivity index (χ0) is 12.1. The minimum absolute atomic E-state index is 0.304. The van der Waals surface area contributed by atoms with E-state index in [-0.39, 0.29) is 5.97 Å². The highest BCUT2D eigenvalue weighted by molar-refractivity contribution is 9.10. The number of hydrogen-bond donors (Lipinski definition) is 0. The Balaban J connectivity index is 2.89. The van der Waals surface area contributed by atoms with E-state index >= 15 is 0 Å². The van der Waals surface area contributed by atoms with Crippen molar-refractivity contribution in [1.82, 2.24) is 0 Å². The lowest BCUT2D eigenvalue weighted by atomic mass is 10.1. The molecule has 0 aliphatic rings. The van der Waals surface area contributed by atoms with E-state index in [4.69, 9.17) is 16.3 Å². The normalized spacial score (nSPS) is 11.4. The Morgan fingerprint density at radius 1 is 1.56 bits per heavy atom. The molecule has 0 unspecified atom stereocenters. The summed E-state index contributed by atoms with van der Waals surface area (Å²) < 4.78 is 5.71. The van der Waals surface area contributed by atoms with E-state index in [9.17, 15) is 4.79 Å². The second-order valence-corrected chi connectivity index (χ2v) is 4.48. The minimum atomic E-state index is -0.304. The number of carbonyl (C=O) groups is 1. The molecule has 2 nitrogen and oxygen atoms in total. The quantitative estimate of drug-likeness (QED) is 0.621. The number of benzene rings is 1. The number of ether oxygens (including phenoxy) is 1. The van der Waals surface area contributed by atoms with E-state index in [0.29, 0.717) is 17.2 Å². The molecule has 0 bridgehead atoms. The third-order valence-electron chi connectivity index (χ3n) is 1.92. The summed E-state index contributed by atoms with van der Waals surface area (Å²) in [5, 5.41) is 0.616. The first-order chi connectivity index (χ1) is 7.54. The van der Waals surface area contributed by atoms with E-state index in [1.54, 1.807) is 26.0 Å². The summed E-state index contributed by atoms with van der Waals surface area (Å²) in [5.74, 6) is -0.304. The maximum Gasteiger partial charge on any atom is 0.333 e. The summed E-state index contributed by atoms with van der Waals surface area (Å²) in [7, 11) is 0. The fourth-order valence-corrected chi connectivity index (χ4v) is 1.59. The van der Waals surface area contributed by atoms with Gasteiger partial charge in [-0.15, -0.1) is 0 Å². The van der Waals surface area contributed by atoms with Crippen molar-refractivity contribution in [2.75, 3.05) is 6.61 Å². The minimum Gasteiger partial charge on any atom is -0.463 e. The monoisotopic (exact) mass is 302 g/mol. The lowest BCUT2D eigenvalue weighted by molar-refractivity contribution is -0.138. The van der Waals surface area contributed by atoms with Gasteiger partial charge >= 0.3 is 5.97 Å². The van der Waals surface area contributed by atoms with Gasteiger partial charge in [-0.2, -0.15) is 0 Å². The van der Waals surface area contributed by atoms with E-state index in [2.05, 4.69) is 15.9 Å². The van der Waals surface area contributed by atoms with Gasteiger partial charge in [0.25, 0.3) is 0 Å². The van der Waals surface area contributed by atoms with Crippen LogP contribution in [-0.4, -0.2) is 12.6 Å². The molecule has 0 spiro atoms. The third-order valence-corrected chi connectivity index (χ3v) is 3.16. The molecule has 1 aromatic rings. The predicted octanol–water partition coefficient (Wildman–Crippen LogP) is 4.07. The first-order valence-corrected chi connectivity index (χ1v) is 6.02. The summed E-state index contributed by atoms with van der Waals surface area (Å²) >= 11 is 9.25. The molecule has 0 aliphatic carbocycles. The lowest BCUT2D eigenvalue weighted by Crippen LogP contribution is -2.04. The lowest BCUT2D eigenvalue weighted by Gasteiger charge is -2.02. The Morgan fingerprint density at radius 2 is 2.25 bits per heavy atom. The zero-order valence-electron chi connectivity index (χ0n) is 9.09. The standard InChI is InChI=1S/C12H12BrClO2/c1-3-16-12(15)8(2)6-9-4-5-10(13)11(14)7-9/h4-7H,3H2,1-2H3/b8-6+. The van der Waals surface area contributed by atoms with Crippen molar-refractivity contribution >= 4 is 39.6 Å². The van der Waals surface area contributed by atoms with E-state index in [0.717, 1.165) is 10.0 Å². The molecule has 0 N–H and O–H groups in total. The van der Waals surface area contributed by atoms with Crippen molar-refractivity contribution < 1.29 is 9.53 Å². The van der Waals surface area contributed by atoms with Crippen molar-refractivity contribution in [2.45, 2.75) is 13.8 Å². The molecule has 0 radical (unpaired) electrons. The van der Waals surface area contributed by atoms with Gasteiger partial charge in [0.05, 0.1) is 11.6 Å². The Labute approximate surface area is 108 Å². The van der Waals surface area contributed by atoms with Gasteiger partial charge < -0.3 is 4.74 Å². The van der Waals surface area contributed by atoms with Crippen LogP contribution in [0.25, 0.3) is 6.08 Å². The molecule has 86 valence electrons. The molecule has 0 amide bonds. The van der Waals surface area contributed by atoms with Crippen molar-refractivity contribution in [2.24, 2.45) is 0 Å². The Bertz CT molecular complexity index is 427. The molecule has 4 heteroatoms. The maximum atomic E-state index is 11.4. The molecular formula is C12H12BrClO2. The first-order valence-electron chi connectivity index (χ1n) is 4.85. The Morgan fingerprint density at radius 3 is 2.81 bits per heavy atom. The fraction of sp³-hybridized carbons (Fsp3) is 0.250. The molecule has 0 aromatic heterocycles. The van der Waals surface area contributed by atoms with Gasteiger partial charge in [-0.1, -0.05) is 17.7 Å². The molecule has 0 atom stereocenters. The van der Waals surface area contributed by atoms with Gasteiger partial charge in [-0.05, 0) is 53.5 Å². The van der Waals surface area contributed by atoms with Gasteiger partial charge in [-0.3, -0.25) is 0 Å². The van der Waals surface area contributed by atoms with Crippen molar-refractivity contribution in [3.63, 3.8) is 0 Å². The topological polar surface area (TPSA) is 26.3 Å². The second-order valence-electron chi connectivity index (χ2n) is 3.22.